The molecule has 1 rings (SSSR count). The molecule has 1 aliphatic rings. The molecular formula is C11H13N. The van der Waals surface area contributed by atoms with E-state index in [1.807, 2.05) is 6.08 Å². The zero-order valence-electron chi connectivity index (χ0n) is 7.16. The molecule has 0 bridgehead atoms. The molecule has 0 aromatic heterocycles. The maximum Gasteiger partial charge on any atom is 0.0266 e. The fourth-order valence-electron chi connectivity index (χ4n) is 1.12. The van der Waals surface area contributed by atoms with Crippen LogP contribution in [-0.4, -0.2) is 6.72 Å². The highest BCUT2D eigenvalue weighted by Gasteiger charge is 2.00. The van der Waals surface area contributed by atoms with Crippen LogP contribution in [0, 0.1) is 0 Å². The van der Waals surface area contributed by atoms with Crippen molar-refractivity contribution in [3.8, 4) is 0 Å². The number of nitrogens with zero attached hydrogens (tertiary/aromatic N) is 1. The molecule has 0 atom stereocenters. The Labute approximate surface area is 73.5 Å². The van der Waals surface area contributed by atoms with E-state index >= 15 is 0 Å². The van der Waals surface area contributed by atoms with Gasteiger partial charge in [-0.15, -0.1) is 0 Å². The lowest BCUT2D eigenvalue weighted by molar-refractivity contribution is 0.979. The molecule has 0 unspecified atom stereocenters. The molecule has 0 saturated heterocycles. The molecule has 0 amide bonds. The maximum absolute atomic E-state index is 3.94. The van der Waals surface area contributed by atoms with Gasteiger partial charge in [0.25, 0.3) is 0 Å². The van der Waals surface area contributed by atoms with E-state index in [4.69, 9.17) is 0 Å². The van der Waals surface area contributed by atoms with E-state index in [9.17, 15) is 0 Å². The highest BCUT2D eigenvalue weighted by molar-refractivity contribution is 5.41. The van der Waals surface area contributed by atoms with Crippen LogP contribution in [-0.2, 0) is 0 Å². The summed E-state index contributed by atoms with van der Waals surface area (Å²) in [4.78, 5) is 3.63. The van der Waals surface area contributed by atoms with Gasteiger partial charge in [-0.05, 0) is 36.8 Å². The second kappa shape index (κ2) is 4.50. The first-order valence-corrected chi connectivity index (χ1v) is 4.02. The van der Waals surface area contributed by atoms with Crippen LogP contribution in [0.4, 0.5) is 0 Å². The van der Waals surface area contributed by atoms with Crippen molar-refractivity contribution in [2.45, 2.75) is 12.8 Å². The van der Waals surface area contributed by atoms with Gasteiger partial charge in [0.05, 0.1) is 0 Å². The summed E-state index contributed by atoms with van der Waals surface area (Å²) in [5, 5.41) is 0. The first-order valence-electron chi connectivity index (χ1n) is 4.02. The molecule has 0 aromatic carbocycles. The summed E-state index contributed by atoms with van der Waals surface area (Å²) in [5.74, 6) is 0. The Bertz CT molecular complexity index is 267. The maximum atomic E-state index is 3.94. The summed E-state index contributed by atoms with van der Waals surface area (Å²) in [6.45, 7) is 7.31. The summed E-state index contributed by atoms with van der Waals surface area (Å²) >= 11 is 0. The largest absolute Gasteiger partial charge is 0.272 e. The summed E-state index contributed by atoms with van der Waals surface area (Å²) in [5.41, 5.74) is 2.32. The zero-order chi connectivity index (χ0) is 8.81. The van der Waals surface area contributed by atoms with E-state index in [1.165, 1.54) is 5.57 Å². The molecule has 1 aliphatic carbocycles. The van der Waals surface area contributed by atoms with E-state index in [0.29, 0.717) is 0 Å². The van der Waals surface area contributed by atoms with Gasteiger partial charge in [-0.2, -0.15) is 0 Å². The molecule has 0 radical (unpaired) electrons. The van der Waals surface area contributed by atoms with Crippen molar-refractivity contribution < 1.29 is 0 Å². The van der Waals surface area contributed by atoms with Gasteiger partial charge < -0.3 is 0 Å². The van der Waals surface area contributed by atoms with Crippen molar-refractivity contribution in [1.82, 2.24) is 0 Å². The molecule has 1 heteroatoms. The van der Waals surface area contributed by atoms with Crippen molar-refractivity contribution in [1.29, 1.82) is 0 Å². The predicted octanol–water partition coefficient (Wildman–Crippen LogP) is 3.03. The van der Waals surface area contributed by atoms with Crippen LogP contribution in [0.25, 0.3) is 0 Å². The highest BCUT2D eigenvalue weighted by atomic mass is 14.6. The lowest BCUT2D eigenvalue weighted by atomic mass is 9.98. The van der Waals surface area contributed by atoms with Gasteiger partial charge in [0.1, 0.15) is 0 Å². The molecule has 0 N–H and O–H groups in total. The summed E-state index contributed by atoms with van der Waals surface area (Å²) in [6.07, 6.45) is 12.1. The molecule has 62 valence electrons. The first-order chi connectivity index (χ1) is 5.84. The quantitative estimate of drug-likeness (QED) is 0.443. The summed E-state index contributed by atoms with van der Waals surface area (Å²) in [6, 6.07) is 0. The monoisotopic (exact) mass is 159 g/mol. The Morgan fingerprint density at radius 1 is 1.58 bits per heavy atom. The van der Waals surface area contributed by atoms with Crippen LogP contribution in [0.1, 0.15) is 12.8 Å². The van der Waals surface area contributed by atoms with Gasteiger partial charge in [0, 0.05) is 6.20 Å². The van der Waals surface area contributed by atoms with E-state index < -0.39 is 0 Å². The number of aliphatic imine (C=N–C) groups is 1. The summed E-state index contributed by atoms with van der Waals surface area (Å²) < 4.78 is 0. The minimum absolute atomic E-state index is 1.03. The molecule has 12 heavy (non-hydrogen) atoms. The normalized spacial score (nSPS) is 16.2. The fraction of sp³-hybridized carbons (Fsp3) is 0.182. The van der Waals surface area contributed by atoms with Crippen molar-refractivity contribution in [2.75, 3.05) is 0 Å². The Hall–Kier alpha value is -1.37. The number of allylic oxidation sites excluding steroid dienone is 6. The topological polar surface area (TPSA) is 12.4 Å². The molecule has 0 spiro atoms. The van der Waals surface area contributed by atoms with E-state index in [0.717, 1.165) is 18.4 Å². The molecule has 0 aromatic rings. The number of hydrogen-bond donors (Lipinski definition) is 0. The van der Waals surface area contributed by atoms with Gasteiger partial charge in [-0.1, -0.05) is 24.8 Å². The van der Waals surface area contributed by atoms with Crippen LogP contribution in [0.5, 0.6) is 0 Å². The van der Waals surface area contributed by atoms with Gasteiger partial charge in [-0.25, -0.2) is 0 Å². The van der Waals surface area contributed by atoms with Gasteiger partial charge >= 0.3 is 0 Å². The standard InChI is InChI=1S/C11H13N/c1-10(8-9-12-2)11-6-4-3-5-7-11/h3-4,6,8-9H,1-2,5,7H2/b9-8-. The Balaban J connectivity index is 2.63. The fourth-order valence-corrected chi connectivity index (χ4v) is 1.12. The van der Waals surface area contributed by atoms with Crippen molar-refractivity contribution >= 4 is 6.72 Å². The van der Waals surface area contributed by atoms with E-state index in [-0.39, 0.29) is 0 Å². The first kappa shape index (κ1) is 8.72. The van der Waals surface area contributed by atoms with Crippen LogP contribution >= 0.6 is 0 Å². The Kier molecular flexibility index (Phi) is 3.27. The second-order valence-corrected chi connectivity index (χ2v) is 2.68. The number of rotatable bonds is 3. The minimum atomic E-state index is 1.03. The zero-order valence-corrected chi connectivity index (χ0v) is 7.16. The Morgan fingerprint density at radius 3 is 3.00 bits per heavy atom. The smallest absolute Gasteiger partial charge is 0.0266 e. The lowest BCUT2D eigenvalue weighted by Crippen LogP contribution is -1.88. The van der Waals surface area contributed by atoms with Crippen molar-refractivity contribution in [3.63, 3.8) is 0 Å². The predicted molar refractivity (Wildman–Crippen MR) is 54.3 cm³/mol. The minimum Gasteiger partial charge on any atom is -0.272 e. The van der Waals surface area contributed by atoms with Crippen molar-refractivity contribution in [3.05, 3.63) is 48.2 Å². The molecule has 0 aliphatic heterocycles. The number of hydrogen-bond acceptors (Lipinski definition) is 1. The molecular weight excluding hydrogens is 146 g/mol. The Morgan fingerprint density at radius 2 is 2.42 bits per heavy atom. The molecule has 0 fully saturated rings. The SMILES string of the molecule is C=N/C=C\C(=C)C1=CC=CCC1. The molecule has 1 nitrogen and oxygen atoms in total. The van der Waals surface area contributed by atoms with Crippen LogP contribution in [0.15, 0.2) is 53.2 Å². The molecule has 0 heterocycles. The highest BCUT2D eigenvalue weighted by Crippen LogP contribution is 2.19. The van der Waals surface area contributed by atoms with E-state index in [2.05, 4.69) is 36.5 Å². The van der Waals surface area contributed by atoms with Gasteiger partial charge in [0.15, 0.2) is 0 Å². The average Bonchev–Trinajstić information content (AvgIpc) is 2.15. The third-order valence-electron chi connectivity index (χ3n) is 1.81. The third kappa shape index (κ3) is 2.35. The van der Waals surface area contributed by atoms with Crippen LogP contribution in [0.2, 0.25) is 0 Å². The lowest BCUT2D eigenvalue weighted by Gasteiger charge is -2.07. The van der Waals surface area contributed by atoms with Crippen LogP contribution < -0.4 is 0 Å². The van der Waals surface area contributed by atoms with Crippen LogP contribution in [0.3, 0.4) is 0 Å². The molecule has 0 saturated carbocycles. The van der Waals surface area contributed by atoms with Gasteiger partial charge in [0.2, 0.25) is 0 Å². The van der Waals surface area contributed by atoms with Crippen molar-refractivity contribution in [2.24, 2.45) is 4.99 Å². The van der Waals surface area contributed by atoms with Gasteiger partial charge in [-0.3, -0.25) is 4.99 Å². The summed E-state index contributed by atoms with van der Waals surface area (Å²) in [7, 11) is 0. The second-order valence-electron chi connectivity index (χ2n) is 2.68. The van der Waals surface area contributed by atoms with E-state index in [1.54, 1.807) is 6.20 Å². The third-order valence-corrected chi connectivity index (χ3v) is 1.81. The average molecular weight is 159 g/mol.